The van der Waals surface area contributed by atoms with Gasteiger partial charge in [-0.3, -0.25) is 4.79 Å². The maximum absolute atomic E-state index is 13.0. The predicted molar refractivity (Wildman–Crippen MR) is 84.2 cm³/mol. The number of ketones is 1. The number of carbonyl (C=O) groups excluding carboxylic acids is 1. The molecule has 0 radical (unpaired) electrons. The molecule has 2 heteroatoms. The maximum Gasteiger partial charge on any atom is 0.170 e. The fourth-order valence-electron chi connectivity index (χ4n) is 3.43. The number of rotatable bonds is 6. The summed E-state index contributed by atoms with van der Waals surface area (Å²) in [5.74, 6) is 0.351. The molecule has 1 saturated heterocycles. The highest BCUT2D eigenvalue weighted by Gasteiger charge is 2.38. The number of benzene rings is 1. The van der Waals surface area contributed by atoms with Crippen molar-refractivity contribution in [1.82, 2.24) is 5.32 Å². The Morgan fingerprint density at radius 1 is 1.30 bits per heavy atom. The van der Waals surface area contributed by atoms with E-state index in [2.05, 4.69) is 31.3 Å². The molecular formula is C18H27NO. The van der Waals surface area contributed by atoms with E-state index in [9.17, 15) is 4.79 Å². The molecule has 1 N–H and O–H groups in total. The maximum atomic E-state index is 13.0. The minimum absolute atomic E-state index is 0.169. The van der Waals surface area contributed by atoms with E-state index in [1.807, 2.05) is 12.1 Å². The van der Waals surface area contributed by atoms with Crippen molar-refractivity contribution in [3.63, 3.8) is 0 Å². The van der Waals surface area contributed by atoms with Gasteiger partial charge in [0.05, 0.1) is 0 Å². The van der Waals surface area contributed by atoms with Gasteiger partial charge in [0.1, 0.15) is 0 Å². The van der Waals surface area contributed by atoms with Crippen LogP contribution >= 0.6 is 0 Å². The second kappa shape index (κ2) is 7.03. The highest BCUT2D eigenvalue weighted by atomic mass is 16.1. The van der Waals surface area contributed by atoms with Crippen molar-refractivity contribution in [1.29, 1.82) is 0 Å². The van der Waals surface area contributed by atoms with Crippen molar-refractivity contribution in [2.24, 2.45) is 5.41 Å². The molecule has 0 saturated carbocycles. The Morgan fingerprint density at radius 2 is 2.15 bits per heavy atom. The van der Waals surface area contributed by atoms with Crippen LogP contribution in [0.1, 0.15) is 61.9 Å². The van der Waals surface area contributed by atoms with Crippen LogP contribution in [0.3, 0.4) is 0 Å². The topological polar surface area (TPSA) is 29.1 Å². The Balaban J connectivity index is 2.24. The summed E-state index contributed by atoms with van der Waals surface area (Å²) in [4.78, 5) is 13.0. The van der Waals surface area contributed by atoms with Gasteiger partial charge >= 0.3 is 0 Å². The Bertz CT molecular complexity index is 441. The smallest absolute Gasteiger partial charge is 0.170 e. The van der Waals surface area contributed by atoms with Crippen LogP contribution in [0.4, 0.5) is 0 Å². The molecule has 0 aliphatic carbocycles. The Kier molecular flexibility index (Phi) is 5.36. The summed E-state index contributed by atoms with van der Waals surface area (Å²) >= 11 is 0. The lowest BCUT2D eigenvalue weighted by Crippen LogP contribution is -2.45. The molecule has 1 aromatic carbocycles. The van der Waals surface area contributed by atoms with E-state index >= 15 is 0 Å². The Hall–Kier alpha value is -1.15. The average molecular weight is 273 g/mol. The monoisotopic (exact) mass is 273 g/mol. The molecule has 1 heterocycles. The summed E-state index contributed by atoms with van der Waals surface area (Å²) in [5.41, 5.74) is 2.03. The van der Waals surface area contributed by atoms with Crippen LogP contribution in [-0.2, 0) is 6.42 Å². The lowest BCUT2D eigenvalue weighted by molar-refractivity contribution is 0.0718. The van der Waals surface area contributed by atoms with Gasteiger partial charge in [-0.1, -0.05) is 44.9 Å². The second-order valence-corrected chi connectivity index (χ2v) is 6.09. The predicted octanol–water partition coefficient (Wildman–Crippen LogP) is 3.99. The molecule has 1 aliphatic heterocycles. The molecule has 20 heavy (non-hydrogen) atoms. The highest BCUT2D eigenvalue weighted by molar-refractivity contribution is 6.01. The summed E-state index contributed by atoms with van der Waals surface area (Å²) in [6, 6.07) is 8.27. The Morgan fingerprint density at radius 3 is 2.80 bits per heavy atom. The molecule has 0 spiro atoms. The quantitative estimate of drug-likeness (QED) is 0.794. The third-order valence-corrected chi connectivity index (χ3v) is 4.41. The number of hydrogen-bond acceptors (Lipinski definition) is 2. The minimum atomic E-state index is -0.169. The van der Waals surface area contributed by atoms with E-state index in [1.165, 1.54) is 5.56 Å². The van der Waals surface area contributed by atoms with E-state index in [1.54, 1.807) is 0 Å². The lowest BCUT2D eigenvalue weighted by Gasteiger charge is -2.36. The molecule has 2 nitrogen and oxygen atoms in total. The highest BCUT2D eigenvalue weighted by Crippen LogP contribution is 2.35. The number of aryl methyl sites for hydroxylation is 1. The summed E-state index contributed by atoms with van der Waals surface area (Å²) < 4.78 is 0. The van der Waals surface area contributed by atoms with Gasteiger partial charge in [-0.2, -0.15) is 0 Å². The van der Waals surface area contributed by atoms with Crippen molar-refractivity contribution in [3.8, 4) is 0 Å². The zero-order chi connectivity index (χ0) is 14.4. The third-order valence-electron chi connectivity index (χ3n) is 4.41. The molecule has 1 fully saturated rings. The molecule has 1 aromatic rings. The van der Waals surface area contributed by atoms with Crippen molar-refractivity contribution < 1.29 is 4.79 Å². The van der Waals surface area contributed by atoms with E-state index in [4.69, 9.17) is 0 Å². The van der Waals surface area contributed by atoms with Crippen LogP contribution in [0.2, 0.25) is 0 Å². The molecule has 1 atom stereocenters. The van der Waals surface area contributed by atoms with Crippen LogP contribution in [-0.4, -0.2) is 18.9 Å². The van der Waals surface area contributed by atoms with Gasteiger partial charge in [0.25, 0.3) is 0 Å². The van der Waals surface area contributed by atoms with Crippen molar-refractivity contribution in [2.75, 3.05) is 13.1 Å². The molecular weight excluding hydrogens is 246 g/mol. The molecule has 0 amide bonds. The number of carbonyl (C=O) groups is 1. The second-order valence-electron chi connectivity index (χ2n) is 6.09. The normalized spacial score (nSPS) is 22.7. The first-order valence-electron chi connectivity index (χ1n) is 8.06. The summed E-state index contributed by atoms with van der Waals surface area (Å²) in [6.45, 7) is 6.25. The molecule has 0 bridgehead atoms. The number of nitrogens with one attached hydrogen (secondary N) is 1. The van der Waals surface area contributed by atoms with Gasteiger partial charge in [0.15, 0.2) is 5.78 Å². The molecule has 1 unspecified atom stereocenters. The zero-order valence-electron chi connectivity index (χ0n) is 12.9. The van der Waals surface area contributed by atoms with Crippen molar-refractivity contribution >= 4 is 5.78 Å². The fraction of sp³-hybridized carbons (Fsp3) is 0.611. The van der Waals surface area contributed by atoms with Crippen LogP contribution in [0.15, 0.2) is 24.3 Å². The van der Waals surface area contributed by atoms with E-state index in [0.717, 1.165) is 57.2 Å². The zero-order valence-corrected chi connectivity index (χ0v) is 12.9. The molecule has 0 aromatic heterocycles. The largest absolute Gasteiger partial charge is 0.316 e. The first kappa shape index (κ1) is 15.2. The van der Waals surface area contributed by atoms with Gasteiger partial charge in [-0.15, -0.1) is 0 Å². The summed E-state index contributed by atoms with van der Waals surface area (Å²) in [5, 5.41) is 3.43. The lowest BCUT2D eigenvalue weighted by atomic mass is 9.71. The fourth-order valence-corrected chi connectivity index (χ4v) is 3.43. The number of hydrogen-bond donors (Lipinski definition) is 1. The third kappa shape index (κ3) is 3.29. The average Bonchev–Trinajstić information content (AvgIpc) is 2.48. The summed E-state index contributed by atoms with van der Waals surface area (Å²) in [7, 11) is 0. The molecule has 2 rings (SSSR count). The molecule has 1 aliphatic rings. The van der Waals surface area contributed by atoms with Gasteiger partial charge in [0.2, 0.25) is 0 Å². The summed E-state index contributed by atoms with van der Waals surface area (Å²) in [6.07, 6.45) is 6.39. The standard InChI is InChI=1S/C18H27NO/c1-3-7-15-8-5-9-16(13-15)17(20)18(10-4-2)11-6-12-19-14-18/h5,8-9,13,19H,3-4,6-7,10-12,14H2,1-2H3. The van der Waals surface area contributed by atoms with E-state index in [0.29, 0.717) is 5.78 Å². The van der Waals surface area contributed by atoms with Crippen LogP contribution < -0.4 is 5.32 Å². The minimum Gasteiger partial charge on any atom is -0.316 e. The van der Waals surface area contributed by atoms with Gasteiger partial charge in [0, 0.05) is 17.5 Å². The number of Topliss-reactive ketones (excluding diaryl/α,β-unsaturated/α-hetero) is 1. The van der Waals surface area contributed by atoms with Crippen LogP contribution in [0.25, 0.3) is 0 Å². The Labute approximate surface area is 123 Å². The molecule has 110 valence electrons. The van der Waals surface area contributed by atoms with E-state index < -0.39 is 0 Å². The first-order valence-corrected chi connectivity index (χ1v) is 8.06. The van der Waals surface area contributed by atoms with Crippen LogP contribution in [0, 0.1) is 5.41 Å². The van der Waals surface area contributed by atoms with Gasteiger partial charge in [-0.05, 0) is 43.9 Å². The number of piperidine rings is 1. The van der Waals surface area contributed by atoms with Crippen molar-refractivity contribution in [3.05, 3.63) is 35.4 Å². The SMILES string of the molecule is CCCc1cccc(C(=O)C2(CCC)CCCNC2)c1. The van der Waals surface area contributed by atoms with Gasteiger partial charge in [-0.25, -0.2) is 0 Å². The van der Waals surface area contributed by atoms with Gasteiger partial charge < -0.3 is 5.32 Å². The first-order chi connectivity index (χ1) is 9.72. The van der Waals surface area contributed by atoms with Crippen molar-refractivity contribution in [2.45, 2.75) is 52.4 Å². The van der Waals surface area contributed by atoms with E-state index in [-0.39, 0.29) is 5.41 Å². The van der Waals surface area contributed by atoms with Crippen LogP contribution in [0.5, 0.6) is 0 Å².